The maximum atomic E-state index is 8.99. The number of aliphatic hydroxyl groups is 1. The molecule has 0 atom stereocenters. The lowest BCUT2D eigenvalue weighted by Gasteiger charge is -2.14. The smallest absolute Gasteiger partial charge is 0.220 e. The number of aromatic nitrogens is 2. The van der Waals surface area contributed by atoms with Gasteiger partial charge in [0.2, 0.25) is 23.5 Å². The number of thiophene rings is 1. The topological polar surface area (TPSA) is 107 Å². The van der Waals surface area contributed by atoms with E-state index in [0.717, 1.165) is 28.1 Å². The van der Waals surface area contributed by atoms with Crippen molar-refractivity contribution in [1.29, 1.82) is 0 Å². The quantitative estimate of drug-likeness (QED) is 0.152. The van der Waals surface area contributed by atoms with Gasteiger partial charge in [-0.3, -0.25) is 0 Å². The van der Waals surface area contributed by atoms with Gasteiger partial charge in [0.05, 0.1) is 20.8 Å². The molecular weight excluding hydrogens is 552 g/mol. The lowest BCUT2D eigenvalue weighted by Crippen LogP contribution is -2.18. The van der Waals surface area contributed by atoms with Crippen LogP contribution in [0, 0.1) is 13.8 Å². The van der Waals surface area contributed by atoms with Crippen molar-refractivity contribution in [3.8, 4) is 34.6 Å². The van der Waals surface area contributed by atoms with Crippen molar-refractivity contribution in [2.24, 2.45) is 0 Å². The van der Waals surface area contributed by atoms with E-state index in [1.165, 1.54) is 22.3 Å². The Balaban J connectivity index is 1.43. The number of aliphatic hydroxyl groups excluding tert-OH is 1. The summed E-state index contributed by atoms with van der Waals surface area (Å²) in [6.45, 7) is 9.85. The summed E-state index contributed by atoms with van der Waals surface area (Å²) in [6.07, 6.45) is 0. The Morgan fingerprint density at radius 2 is 1.40 bits per heavy atom. The van der Waals surface area contributed by atoms with Gasteiger partial charge < -0.3 is 34.7 Å². The van der Waals surface area contributed by atoms with Gasteiger partial charge in [0.25, 0.3) is 0 Å². The molecule has 4 aromatic rings. The third-order valence-electron chi connectivity index (χ3n) is 6.99. The first kappa shape index (κ1) is 31.2. The molecule has 9 nitrogen and oxygen atoms in total. The van der Waals surface area contributed by atoms with Crippen LogP contribution in [0.2, 0.25) is 0 Å². The molecule has 0 saturated carbocycles. The molecule has 224 valence electrons. The minimum absolute atomic E-state index is 0.0791. The van der Waals surface area contributed by atoms with Crippen LogP contribution in [0.1, 0.15) is 39.6 Å². The van der Waals surface area contributed by atoms with Crippen LogP contribution in [0.3, 0.4) is 0 Å². The van der Waals surface area contributed by atoms with Crippen LogP contribution in [-0.2, 0) is 26.3 Å². The van der Waals surface area contributed by atoms with Gasteiger partial charge >= 0.3 is 0 Å². The van der Waals surface area contributed by atoms with Crippen LogP contribution in [0.25, 0.3) is 11.1 Å². The summed E-state index contributed by atoms with van der Waals surface area (Å²) in [7, 11) is 3.22. The van der Waals surface area contributed by atoms with Gasteiger partial charge in [0.1, 0.15) is 13.2 Å². The van der Waals surface area contributed by atoms with Crippen LogP contribution < -0.4 is 29.6 Å². The maximum absolute atomic E-state index is 8.99. The summed E-state index contributed by atoms with van der Waals surface area (Å²) in [5, 5.41) is 17.6. The fourth-order valence-electron chi connectivity index (χ4n) is 4.54. The van der Waals surface area contributed by atoms with E-state index in [4.69, 9.17) is 24.1 Å². The Bertz CT molecular complexity index is 1460. The van der Waals surface area contributed by atoms with Crippen molar-refractivity contribution in [3.63, 3.8) is 0 Å². The minimum Gasteiger partial charge on any atom is -0.481 e. The van der Waals surface area contributed by atoms with E-state index in [-0.39, 0.29) is 6.61 Å². The molecule has 10 heteroatoms. The van der Waals surface area contributed by atoms with Crippen LogP contribution in [0.15, 0.2) is 47.8 Å². The largest absolute Gasteiger partial charge is 0.481 e. The highest BCUT2D eigenvalue weighted by molar-refractivity contribution is 7.10. The molecular formula is C32H40N4O5S. The van der Waals surface area contributed by atoms with Gasteiger partial charge in [-0.1, -0.05) is 25.1 Å². The van der Waals surface area contributed by atoms with Crippen molar-refractivity contribution >= 4 is 11.3 Å². The van der Waals surface area contributed by atoms with E-state index >= 15 is 0 Å². The van der Waals surface area contributed by atoms with Gasteiger partial charge in [0, 0.05) is 47.8 Å². The lowest BCUT2D eigenvalue weighted by atomic mass is 9.96. The number of nitrogens with zero attached hydrogens (tertiary/aromatic N) is 2. The number of pyridine rings is 2. The fourth-order valence-corrected chi connectivity index (χ4v) is 5.51. The van der Waals surface area contributed by atoms with Gasteiger partial charge in [-0.25, -0.2) is 0 Å². The van der Waals surface area contributed by atoms with Crippen molar-refractivity contribution in [3.05, 3.63) is 80.5 Å². The second kappa shape index (κ2) is 15.5. The molecule has 0 radical (unpaired) electrons. The standard InChI is InChI=1S/C32H40N4O5S/c1-6-33-16-23-10-12-29(35-31(23)38-4)40-18-25-8-7-9-26(21(25)2)27-20-42-28(22(27)3)19-41-30-13-11-24(17-34-14-15-37)32(36-30)39-5/h7-13,20,33-34,37H,6,14-19H2,1-5H3. The number of benzene rings is 1. The Labute approximate surface area is 251 Å². The monoisotopic (exact) mass is 592 g/mol. The van der Waals surface area contributed by atoms with Gasteiger partial charge in [-0.15, -0.1) is 11.3 Å². The molecule has 3 aromatic heterocycles. The van der Waals surface area contributed by atoms with E-state index in [1.54, 1.807) is 25.6 Å². The predicted molar refractivity (Wildman–Crippen MR) is 166 cm³/mol. The highest BCUT2D eigenvalue weighted by Gasteiger charge is 2.15. The fraction of sp³-hybridized carbons (Fsp3) is 0.375. The van der Waals surface area contributed by atoms with E-state index in [1.807, 2.05) is 24.3 Å². The number of hydrogen-bond acceptors (Lipinski definition) is 10. The molecule has 0 aliphatic rings. The molecule has 0 aliphatic heterocycles. The SMILES string of the molecule is CCNCc1ccc(OCc2cccc(-c3csc(COc4ccc(CNCCO)c(OC)n4)c3C)c2C)nc1OC. The Morgan fingerprint density at radius 3 is 2.02 bits per heavy atom. The second-order valence-electron chi connectivity index (χ2n) is 9.68. The molecule has 3 N–H and O–H groups in total. The summed E-state index contributed by atoms with van der Waals surface area (Å²) < 4.78 is 23.1. The first-order valence-electron chi connectivity index (χ1n) is 14.0. The molecule has 0 aliphatic carbocycles. The zero-order valence-corrected chi connectivity index (χ0v) is 25.8. The highest BCUT2D eigenvalue weighted by atomic mass is 32.1. The lowest BCUT2D eigenvalue weighted by molar-refractivity contribution is 0.285. The van der Waals surface area contributed by atoms with E-state index in [9.17, 15) is 0 Å². The van der Waals surface area contributed by atoms with Gasteiger partial charge in [-0.05, 0) is 65.7 Å². The number of hydrogen-bond donors (Lipinski definition) is 3. The van der Waals surface area contributed by atoms with Gasteiger partial charge in [-0.2, -0.15) is 9.97 Å². The summed E-state index contributed by atoms with van der Waals surface area (Å²) in [4.78, 5) is 10.2. The molecule has 1 aromatic carbocycles. The Morgan fingerprint density at radius 1 is 0.762 bits per heavy atom. The third-order valence-corrected chi connectivity index (χ3v) is 8.05. The molecule has 0 amide bonds. The van der Waals surface area contributed by atoms with E-state index in [0.29, 0.717) is 56.4 Å². The number of methoxy groups -OCH3 is 2. The molecule has 0 fully saturated rings. The van der Waals surface area contributed by atoms with Gasteiger partial charge in [0.15, 0.2) is 0 Å². The minimum atomic E-state index is 0.0791. The first-order valence-corrected chi connectivity index (χ1v) is 14.9. The predicted octanol–water partition coefficient (Wildman–Crippen LogP) is 5.19. The summed E-state index contributed by atoms with van der Waals surface area (Å²) in [5.41, 5.74) is 7.69. The molecule has 3 heterocycles. The van der Waals surface area contributed by atoms with Crippen LogP contribution in [-0.4, -0.2) is 49.0 Å². The van der Waals surface area contributed by atoms with Crippen molar-refractivity contribution < 1.29 is 24.1 Å². The molecule has 4 rings (SSSR count). The maximum Gasteiger partial charge on any atom is 0.220 e. The molecule has 0 spiro atoms. The second-order valence-corrected chi connectivity index (χ2v) is 10.6. The average Bonchev–Trinajstić information content (AvgIpc) is 3.38. The van der Waals surface area contributed by atoms with Crippen molar-refractivity contribution in [2.75, 3.05) is 33.9 Å². The molecule has 0 unspecified atom stereocenters. The first-order chi connectivity index (χ1) is 20.5. The summed E-state index contributed by atoms with van der Waals surface area (Å²) >= 11 is 1.67. The number of ether oxygens (including phenoxy) is 4. The van der Waals surface area contributed by atoms with Crippen molar-refractivity contribution in [1.82, 2.24) is 20.6 Å². The Hall–Kier alpha value is -3.70. The average molecular weight is 593 g/mol. The van der Waals surface area contributed by atoms with Crippen LogP contribution >= 0.6 is 11.3 Å². The zero-order chi connectivity index (χ0) is 29.9. The summed E-state index contributed by atoms with van der Waals surface area (Å²) in [5.74, 6) is 2.11. The normalized spacial score (nSPS) is 11.0. The summed E-state index contributed by atoms with van der Waals surface area (Å²) in [6, 6.07) is 13.9. The highest BCUT2D eigenvalue weighted by Crippen LogP contribution is 2.35. The van der Waals surface area contributed by atoms with Crippen LogP contribution in [0.5, 0.6) is 23.5 Å². The zero-order valence-electron chi connectivity index (χ0n) is 25.0. The van der Waals surface area contributed by atoms with Crippen molar-refractivity contribution in [2.45, 2.75) is 47.1 Å². The third kappa shape index (κ3) is 7.77. The Kier molecular flexibility index (Phi) is 11.5. The molecule has 0 bridgehead atoms. The number of rotatable bonds is 16. The van der Waals surface area contributed by atoms with E-state index in [2.05, 4.69) is 65.0 Å². The molecule has 42 heavy (non-hydrogen) atoms. The molecule has 0 saturated heterocycles. The number of nitrogens with one attached hydrogen (secondary N) is 2. The van der Waals surface area contributed by atoms with E-state index < -0.39 is 0 Å². The van der Waals surface area contributed by atoms with Crippen LogP contribution in [0.4, 0.5) is 0 Å².